The van der Waals surface area contributed by atoms with Gasteiger partial charge >= 0.3 is 0 Å². The minimum absolute atomic E-state index is 0. The number of hydrogen-bond acceptors (Lipinski definition) is 0. The highest BCUT2D eigenvalue weighted by Crippen LogP contribution is 1.76. The van der Waals surface area contributed by atoms with Crippen molar-refractivity contribution in [3.05, 3.63) is 13.2 Å². The van der Waals surface area contributed by atoms with E-state index in [4.69, 9.17) is 0 Å². The molecule has 0 bridgehead atoms. The monoisotopic (exact) mass is 88.1 g/mol. The lowest BCUT2D eigenvalue weighted by Gasteiger charge is -1.68. The van der Waals surface area contributed by atoms with Crippen LogP contribution < -0.4 is 0 Å². The summed E-state index contributed by atoms with van der Waals surface area (Å²) in [5, 5.41) is 0. The SMILES string of the molecule is C=C.CCCC.[HH]. The fourth-order valence-corrected chi connectivity index (χ4v) is 0. The Balaban J connectivity index is -0.0000000480. The molecule has 0 aliphatic rings. The van der Waals surface area contributed by atoms with Gasteiger partial charge in [-0.25, -0.2) is 0 Å². The van der Waals surface area contributed by atoms with Crippen molar-refractivity contribution < 1.29 is 1.43 Å². The van der Waals surface area contributed by atoms with Crippen molar-refractivity contribution in [2.45, 2.75) is 26.7 Å². The van der Waals surface area contributed by atoms with Crippen molar-refractivity contribution in [3.63, 3.8) is 0 Å². The number of rotatable bonds is 1. The van der Waals surface area contributed by atoms with Gasteiger partial charge in [-0.3, -0.25) is 0 Å². The Kier molecular flexibility index (Phi) is 33.7. The fraction of sp³-hybridized carbons (Fsp3) is 0.667. The second-order valence-corrected chi connectivity index (χ2v) is 1.000. The van der Waals surface area contributed by atoms with Crippen LogP contribution in [0.3, 0.4) is 0 Å². The molecule has 0 heteroatoms. The van der Waals surface area contributed by atoms with Gasteiger partial charge in [0.05, 0.1) is 0 Å². The van der Waals surface area contributed by atoms with Crippen molar-refractivity contribution in [2.75, 3.05) is 0 Å². The number of unbranched alkanes of at least 4 members (excludes halogenated alkanes) is 1. The molecule has 0 unspecified atom stereocenters. The maximum Gasteiger partial charge on any atom is 0 e. The van der Waals surface area contributed by atoms with E-state index in [1.54, 1.807) is 0 Å². The van der Waals surface area contributed by atoms with E-state index in [0.717, 1.165) is 0 Å². The Morgan fingerprint density at radius 2 is 1.33 bits per heavy atom. The third kappa shape index (κ3) is 51.3. The van der Waals surface area contributed by atoms with Crippen LogP contribution in [0.4, 0.5) is 0 Å². The molecule has 0 aromatic carbocycles. The smallest absolute Gasteiger partial charge is 0 e. The second-order valence-electron chi connectivity index (χ2n) is 1.000. The van der Waals surface area contributed by atoms with Gasteiger partial charge < -0.3 is 0 Å². The zero-order chi connectivity index (χ0) is 5.41. The quantitative estimate of drug-likeness (QED) is 0.432. The molecule has 0 radical (unpaired) electrons. The van der Waals surface area contributed by atoms with Crippen LogP contribution >= 0.6 is 0 Å². The highest BCUT2D eigenvalue weighted by molar-refractivity contribution is 4.22. The third-order valence-electron chi connectivity index (χ3n) is 0.500. The normalized spacial score (nSPS) is 5.67. The van der Waals surface area contributed by atoms with Crippen LogP contribution in [-0.2, 0) is 0 Å². The van der Waals surface area contributed by atoms with Crippen LogP contribution in [-0.4, -0.2) is 0 Å². The predicted molar refractivity (Wildman–Crippen MR) is 33.9 cm³/mol. The van der Waals surface area contributed by atoms with Gasteiger partial charge in [0.1, 0.15) is 0 Å². The lowest BCUT2D eigenvalue weighted by Crippen LogP contribution is -1.47. The van der Waals surface area contributed by atoms with E-state index in [9.17, 15) is 0 Å². The summed E-state index contributed by atoms with van der Waals surface area (Å²) in [6.07, 6.45) is 2.64. The first-order valence-electron chi connectivity index (χ1n) is 2.41. The summed E-state index contributed by atoms with van der Waals surface area (Å²) in [5.41, 5.74) is 0. The van der Waals surface area contributed by atoms with Gasteiger partial charge in [0, 0.05) is 1.43 Å². The van der Waals surface area contributed by atoms with Gasteiger partial charge in [-0.15, -0.1) is 13.2 Å². The van der Waals surface area contributed by atoms with Crippen LogP contribution in [0, 0.1) is 0 Å². The average molecular weight is 88.2 g/mol. The molecule has 0 aromatic rings. The molecule has 0 aromatic heterocycles. The highest BCUT2D eigenvalue weighted by Gasteiger charge is 1.56. The van der Waals surface area contributed by atoms with Crippen LogP contribution in [0.1, 0.15) is 28.1 Å². The van der Waals surface area contributed by atoms with E-state index < -0.39 is 0 Å². The molecule has 0 atom stereocenters. The molecule has 0 nitrogen and oxygen atoms in total. The van der Waals surface area contributed by atoms with Crippen LogP contribution in [0.25, 0.3) is 0 Å². The minimum atomic E-state index is 0. The first kappa shape index (κ1) is 9.22. The zero-order valence-corrected chi connectivity index (χ0v) is 4.83. The first-order chi connectivity index (χ1) is 2.91. The molecule has 0 heterocycles. The van der Waals surface area contributed by atoms with E-state index in [-0.39, 0.29) is 1.43 Å². The summed E-state index contributed by atoms with van der Waals surface area (Å²) < 4.78 is 0. The van der Waals surface area contributed by atoms with Crippen LogP contribution in [0.15, 0.2) is 13.2 Å². The summed E-state index contributed by atoms with van der Waals surface area (Å²) in [4.78, 5) is 0. The van der Waals surface area contributed by atoms with Gasteiger partial charge in [-0.1, -0.05) is 26.7 Å². The van der Waals surface area contributed by atoms with Gasteiger partial charge in [0.25, 0.3) is 0 Å². The van der Waals surface area contributed by atoms with Crippen molar-refractivity contribution >= 4 is 0 Å². The highest BCUT2D eigenvalue weighted by atomic mass is 13.6. The van der Waals surface area contributed by atoms with Crippen molar-refractivity contribution in [1.29, 1.82) is 0 Å². The lowest BCUT2D eigenvalue weighted by molar-refractivity contribution is 0.886. The molecule has 0 saturated heterocycles. The molecule has 0 spiro atoms. The summed E-state index contributed by atoms with van der Waals surface area (Å²) in [6.45, 7) is 10.4. The van der Waals surface area contributed by atoms with E-state index >= 15 is 0 Å². The Labute approximate surface area is 42.4 Å². The van der Waals surface area contributed by atoms with Gasteiger partial charge in [-0.05, 0) is 0 Å². The molecule has 0 aliphatic carbocycles. The molecule has 0 saturated carbocycles. The Morgan fingerprint density at radius 3 is 1.33 bits per heavy atom. The number of hydrogen-bond donors (Lipinski definition) is 0. The van der Waals surface area contributed by atoms with Gasteiger partial charge in [-0.2, -0.15) is 0 Å². The Bertz CT molecular complexity index is 11.7. The van der Waals surface area contributed by atoms with Crippen molar-refractivity contribution in [1.82, 2.24) is 0 Å². The summed E-state index contributed by atoms with van der Waals surface area (Å²) in [6, 6.07) is 0. The van der Waals surface area contributed by atoms with Crippen molar-refractivity contribution in [3.8, 4) is 0 Å². The van der Waals surface area contributed by atoms with E-state index in [1.807, 2.05) is 0 Å². The second kappa shape index (κ2) is 21.9. The first-order valence-corrected chi connectivity index (χ1v) is 2.41. The largest absolute Gasteiger partial charge is 0.106 e. The average Bonchev–Trinajstić information content (AvgIpc) is 1.72. The minimum Gasteiger partial charge on any atom is -0.106 e. The predicted octanol–water partition coefficient (Wildman–Crippen LogP) is 2.85. The lowest BCUT2D eigenvalue weighted by atomic mass is 10.4. The Hall–Kier alpha value is -0.260. The Morgan fingerprint density at radius 1 is 1.17 bits per heavy atom. The fourth-order valence-electron chi connectivity index (χ4n) is 0. The molecule has 0 fully saturated rings. The van der Waals surface area contributed by atoms with E-state index in [2.05, 4.69) is 27.0 Å². The van der Waals surface area contributed by atoms with E-state index in [1.165, 1.54) is 12.8 Å². The van der Waals surface area contributed by atoms with Gasteiger partial charge in [0.2, 0.25) is 0 Å². The van der Waals surface area contributed by atoms with Crippen molar-refractivity contribution in [2.24, 2.45) is 0 Å². The van der Waals surface area contributed by atoms with Gasteiger partial charge in [0.15, 0.2) is 0 Å². The molecule has 0 amide bonds. The molecular formula is C6H16. The van der Waals surface area contributed by atoms with E-state index in [0.29, 0.717) is 0 Å². The summed E-state index contributed by atoms with van der Waals surface area (Å²) in [5.74, 6) is 0. The molecule has 0 N–H and O–H groups in total. The molecule has 0 aliphatic heterocycles. The maximum absolute atomic E-state index is 3.00. The zero-order valence-electron chi connectivity index (χ0n) is 4.83. The molecular weight excluding hydrogens is 72.1 g/mol. The maximum atomic E-state index is 3.00. The summed E-state index contributed by atoms with van der Waals surface area (Å²) in [7, 11) is 0. The molecule has 6 heavy (non-hydrogen) atoms. The van der Waals surface area contributed by atoms with Crippen LogP contribution in [0.2, 0.25) is 0 Å². The topological polar surface area (TPSA) is 0 Å². The van der Waals surface area contributed by atoms with Crippen LogP contribution in [0.5, 0.6) is 0 Å². The molecule has 0 rings (SSSR count). The standard InChI is InChI=1S/C4H10.C2H4.H2/c1-3-4-2;1-2;/h3-4H2,1-2H3;1-2H2;1H. The third-order valence-corrected chi connectivity index (χ3v) is 0.500. The molecule has 40 valence electrons. The summed E-state index contributed by atoms with van der Waals surface area (Å²) >= 11 is 0.